The standard InChI is InChI=1S/C26H31N5O2S/c1-29-16-19(13-18-14-20-17(15-23(18)29)5-3-8-24(20)33-2)26(32)31-11-9-30(10-12-31)22-7-4-6-21-25(22)28-34-27-21/h3-8,18-19,23H,9-16H2,1-2H3/t18-,19-,23-/m1/s1. The number of piperazine rings is 1. The van der Waals surface area contributed by atoms with Crippen molar-refractivity contribution in [2.24, 2.45) is 11.8 Å². The maximum atomic E-state index is 13.6. The highest BCUT2D eigenvalue weighted by atomic mass is 32.1. The van der Waals surface area contributed by atoms with Gasteiger partial charge in [-0.1, -0.05) is 18.2 Å². The minimum absolute atomic E-state index is 0.0697. The first kappa shape index (κ1) is 21.8. The van der Waals surface area contributed by atoms with Crippen molar-refractivity contribution < 1.29 is 9.53 Å². The Morgan fingerprint density at radius 1 is 1.06 bits per heavy atom. The molecule has 2 saturated heterocycles. The molecule has 8 heteroatoms. The van der Waals surface area contributed by atoms with Crippen LogP contribution in [0, 0.1) is 11.8 Å². The molecule has 2 fully saturated rings. The van der Waals surface area contributed by atoms with Crippen LogP contribution in [0.15, 0.2) is 36.4 Å². The first-order chi connectivity index (χ1) is 16.6. The number of fused-ring (bicyclic) bond motifs is 3. The van der Waals surface area contributed by atoms with Crippen LogP contribution in [0.4, 0.5) is 5.69 Å². The Bertz CT molecular complexity index is 1200. The number of benzene rings is 2. The average Bonchev–Trinajstić information content (AvgIpc) is 3.36. The van der Waals surface area contributed by atoms with Crippen molar-refractivity contribution >= 4 is 34.4 Å². The summed E-state index contributed by atoms with van der Waals surface area (Å²) in [5.74, 6) is 1.88. The van der Waals surface area contributed by atoms with Crippen molar-refractivity contribution in [3.05, 3.63) is 47.5 Å². The van der Waals surface area contributed by atoms with Crippen molar-refractivity contribution in [3.8, 4) is 5.75 Å². The number of methoxy groups -OCH3 is 1. The molecular formula is C26H31N5O2S. The normalized spacial score (nSPS) is 25.2. The number of likely N-dealkylation sites (N-methyl/N-ethyl adjacent to an activating group) is 1. The molecule has 1 amide bonds. The van der Waals surface area contributed by atoms with Crippen molar-refractivity contribution in [3.63, 3.8) is 0 Å². The van der Waals surface area contributed by atoms with Gasteiger partial charge in [0.05, 0.1) is 30.4 Å². The number of hydrogen-bond donors (Lipinski definition) is 0. The van der Waals surface area contributed by atoms with Crippen LogP contribution in [0.5, 0.6) is 5.75 Å². The molecule has 34 heavy (non-hydrogen) atoms. The molecule has 2 aromatic carbocycles. The average molecular weight is 478 g/mol. The number of piperidine rings is 1. The molecule has 178 valence electrons. The molecule has 0 radical (unpaired) electrons. The fourth-order valence-electron chi connectivity index (χ4n) is 6.35. The molecule has 0 N–H and O–H groups in total. The third kappa shape index (κ3) is 3.73. The highest BCUT2D eigenvalue weighted by Crippen LogP contribution is 2.40. The fraction of sp³-hybridized carbons (Fsp3) is 0.500. The number of ether oxygens (including phenoxy) is 1. The number of carbonyl (C=O) groups excluding carboxylic acids is 1. The number of aromatic nitrogens is 2. The monoisotopic (exact) mass is 477 g/mol. The van der Waals surface area contributed by atoms with Crippen molar-refractivity contribution in [1.82, 2.24) is 18.5 Å². The Balaban J connectivity index is 1.13. The molecule has 2 aliphatic heterocycles. The third-order valence-electron chi connectivity index (χ3n) is 8.10. The lowest BCUT2D eigenvalue weighted by Crippen LogP contribution is -2.56. The van der Waals surface area contributed by atoms with E-state index in [2.05, 4.69) is 54.8 Å². The summed E-state index contributed by atoms with van der Waals surface area (Å²) in [5, 5.41) is 0. The van der Waals surface area contributed by atoms with Gasteiger partial charge in [-0.05, 0) is 61.6 Å². The lowest BCUT2D eigenvalue weighted by Gasteiger charge is -2.47. The lowest BCUT2D eigenvalue weighted by atomic mass is 9.72. The zero-order chi connectivity index (χ0) is 23.2. The second-order valence-corrected chi connectivity index (χ2v) is 10.5. The largest absolute Gasteiger partial charge is 0.496 e. The maximum absolute atomic E-state index is 13.6. The summed E-state index contributed by atoms with van der Waals surface area (Å²) in [4.78, 5) is 20.5. The summed E-state index contributed by atoms with van der Waals surface area (Å²) in [6, 6.07) is 13.1. The van der Waals surface area contributed by atoms with E-state index in [0.29, 0.717) is 17.9 Å². The van der Waals surface area contributed by atoms with Crippen LogP contribution in [0.3, 0.4) is 0 Å². The second-order valence-electron chi connectivity index (χ2n) is 9.93. The predicted octanol–water partition coefficient (Wildman–Crippen LogP) is 3.08. The molecule has 0 unspecified atom stereocenters. The van der Waals surface area contributed by atoms with E-state index < -0.39 is 0 Å². The van der Waals surface area contributed by atoms with E-state index in [1.54, 1.807) is 7.11 Å². The van der Waals surface area contributed by atoms with Crippen LogP contribution in [-0.4, -0.2) is 77.4 Å². The molecule has 6 rings (SSSR count). The predicted molar refractivity (Wildman–Crippen MR) is 135 cm³/mol. The summed E-state index contributed by atoms with van der Waals surface area (Å²) in [6.07, 6.45) is 3.01. The topological polar surface area (TPSA) is 61.8 Å². The van der Waals surface area contributed by atoms with E-state index in [4.69, 9.17) is 4.74 Å². The molecule has 0 bridgehead atoms. The van der Waals surface area contributed by atoms with Gasteiger partial charge in [-0.15, -0.1) is 0 Å². The van der Waals surface area contributed by atoms with Crippen LogP contribution < -0.4 is 9.64 Å². The molecule has 1 aliphatic carbocycles. The van der Waals surface area contributed by atoms with E-state index in [1.807, 2.05) is 12.1 Å². The zero-order valence-corrected chi connectivity index (χ0v) is 20.6. The van der Waals surface area contributed by atoms with E-state index in [1.165, 1.54) is 22.9 Å². The number of carbonyl (C=O) groups is 1. The van der Waals surface area contributed by atoms with Gasteiger partial charge in [0.25, 0.3) is 0 Å². The van der Waals surface area contributed by atoms with Crippen LogP contribution in [0.1, 0.15) is 17.5 Å². The summed E-state index contributed by atoms with van der Waals surface area (Å²) < 4.78 is 14.5. The van der Waals surface area contributed by atoms with Crippen LogP contribution in [-0.2, 0) is 17.6 Å². The van der Waals surface area contributed by atoms with E-state index >= 15 is 0 Å². The van der Waals surface area contributed by atoms with Gasteiger partial charge in [0, 0.05) is 38.8 Å². The first-order valence-corrected chi connectivity index (χ1v) is 13.0. The van der Waals surface area contributed by atoms with Crippen molar-refractivity contribution in [1.29, 1.82) is 0 Å². The SMILES string of the molecule is COc1cccc2c1C[C@H]1C[C@@H](C(=O)N3CCN(c4cccc5nsnc45)CC3)CN(C)[C@@H]1C2. The van der Waals surface area contributed by atoms with Crippen LogP contribution in [0.25, 0.3) is 11.0 Å². The Morgan fingerprint density at radius 3 is 2.71 bits per heavy atom. The van der Waals surface area contributed by atoms with E-state index in [0.717, 1.165) is 74.5 Å². The first-order valence-electron chi connectivity index (χ1n) is 12.2. The van der Waals surface area contributed by atoms with Gasteiger partial charge in [0.2, 0.25) is 5.91 Å². The molecule has 3 atom stereocenters. The van der Waals surface area contributed by atoms with Crippen molar-refractivity contribution in [2.45, 2.75) is 25.3 Å². The maximum Gasteiger partial charge on any atom is 0.227 e. The smallest absolute Gasteiger partial charge is 0.227 e. The molecule has 3 aliphatic rings. The van der Waals surface area contributed by atoms with Crippen molar-refractivity contribution in [2.75, 3.05) is 51.8 Å². The van der Waals surface area contributed by atoms with Crippen LogP contribution in [0.2, 0.25) is 0 Å². The summed E-state index contributed by atoms with van der Waals surface area (Å²) in [7, 11) is 3.95. The molecule has 0 saturated carbocycles. The number of amides is 1. The molecule has 3 aromatic rings. The second kappa shape index (κ2) is 8.82. The lowest BCUT2D eigenvalue weighted by molar-refractivity contribution is -0.139. The van der Waals surface area contributed by atoms with Gasteiger partial charge in [-0.25, -0.2) is 0 Å². The van der Waals surface area contributed by atoms with Gasteiger partial charge in [-0.3, -0.25) is 4.79 Å². The van der Waals surface area contributed by atoms with Gasteiger partial charge < -0.3 is 19.4 Å². The number of nitrogens with zero attached hydrogens (tertiary/aromatic N) is 5. The number of likely N-dealkylation sites (tertiary alicyclic amines) is 1. The molecule has 3 heterocycles. The van der Waals surface area contributed by atoms with Gasteiger partial charge in [0.1, 0.15) is 16.8 Å². The van der Waals surface area contributed by atoms with E-state index in [-0.39, 0.29) is 5.92 Å². The number of hydrogen-bond acceptors (Lipinski definition) is 7. The van der Waals surface area contributed by atoms with E-state index in [9.17, 15) is 4.79 Å². The third-order valence-corrected chi connectivity index (χ3v) is 8.64. The quantitative estimate of drug-likeness (QED) is 0.578. The van der Waals surface area contributed by atoms with Gasteiger partial charge >= 0.3 is 0 Å². The minimum atomic E-state index is 0.0697. The van der Waals surface area contributed by atoms with Gasteiger partial charge in [-0.2, -0.15) is 8.75 Å². The number of rotatable bonds is 3. The highest BCUT2D eigenvalue weighted by molar-refractivity contribution is 7.00. The fourth-order valence-corrected chi connectivity index (χ4v) is 6.89. The van der Waals surface area contributed by atoms with Gasteiger partial charge in [0.15, 0.2) is 0 Å². The van der Waals surface area contributed by atoms with Crippen LogP contribution >= 0.6 is 11.7 Å². The molecule has 0 spiro atoms. The minimum Gasteiger partial charge on any atom is -0.496 e. The highest BCUT2D eigenvalue weighted by Gasteiger charge is 2.41. The summed E-state index contributed by atoms with van der Waals surface area (Å²) >= 11 is 1.26. The molecule has 7 nitrogen and oxygen atoms in total. The Labute approximate surface area is 204 Å². The Kier molecular flexibility index (Phi) is 5.65. The summed E-state index contributed by atoms with van der Waals surface area (Å²) in [5.41, 5.74) is 5.80. The molecule has 1 aromatic heterocycles. The Morgan fingerprint density at radius 2 is 1.88 bits per heavy atom. The number of anilines is 1. The Hall–Kier alpha value is -2.71. The molecular weight excluding hydrogens is 446 g/mol. The summed E-state index contributed by atoms with van der Waals surface area (Å²) in [6.45, 7) is 4.04. The zero-order valence-electron chi connectivity index (χ0n) is 19.8.